The van der Waals surface area contributed by atoms with Crippen molar-refractivity contribution in [3.8, 4) is 11.5 Å². The summed E-state index contributed by atoms with van der Waals surface area (Å²) in [6.07, 6.45) is -1.27. The largest absolute Gasteiger partial charge is 0.497 e. The van der Waals surface area contributed by atoms with Gasteiger partial charge in [0.05, 0.1) is 14.2 Å². The summed E-state index contributed by atoms with van der Waals surface area (Å²) in [5.74, 6) is 1.33. The lowest BCUT2D eigenvalue weighted by Crippen LogP contribution is -2.47. The molecule has 2 aromatic carbocycles. The molecule has 36 heavy (non-hydrogen) atoms. The second-order valence-electron chi connectivity index (χ2n) is 7.98. The second-order valence-corrected chi connectivity index (χ2v) is 10.2. The van der Waals surface area contributed by atoms with Crippen LogP contribution < -0.4 is 18.9 Å². The number of benzene rings is 2. The van der Waals surface area contributed by atoms with Crippen LogP contribution in [-0.2, 0) is 32.9 Å². The Kier molecular flexibility index (Phi) is 9.67. The maximum Gasteiger partial charge on any atom is 0.422 e. The molecule has 0 unspecified atom stereocenters. The van der Waals surface area contributed by atoms with E-state index in [2.05, 4.69) is 17.4 Å². The number of nitrogens with zero attached hydrogens (tertiary/aromatic N) is 1. The molecule has 13 heteroatoms. The van der Waals surface area contributed by atoms with Gasteiger partial charge in [0.2, 0.25) is 0 Å². The zero-order valence-electron chi connectivity index (χ0n) is 19.9. The summed E-state index contributed by atoms with van der Waals surface area (Å²) in [4.78, 5) is 26.0. The molecule has 0 spiro atoms. The average Bonchev–Trinajstić information content (AvgIpc) is 3.26. The van der Waals surface area contributed by atoms with Crippen LogP contribution >= 0.6 is 12.6 Å². The molecule has 1 heterocycles. The fourth-order valence-corrected chi connectivity index (χ4v) is 4.69. The van der Waals surface area contributed by atoms with E-state index in [4.69, 9.17) is 18.9 Å². The van der Waals surface area contributed by atoms with Gasteiger partial charge in [-0.05, 0) is 41.8 Å². The minimum atomic E-state index is -4.22. The predicted molar refractivity (Wildman–Crippen MR) is 134 cm³/mol. The molecule has 0 aliphatic carbocycles. The number of methoxy groups -OCH3 is 2. The molecule has 2 N–H and O–H groups in total. The van der Waals surface area contributed by atoms with Crippen molar-refractivity contribution in [1.29, 1.82) is 0 Å². The van der Waals surface area contributed by atoms with Crippen LogP contribution in [0.5, 0.6) is 11.5 Å². The van der Waals surface area contributed by atoms with E-state index < -0.39 is 28.4 Å². The smallest absolute Gasteiger partial charge is 0.422 e. The number of rotatable bonds is 10. The molecule has 0 radical (unpaired) electrons. The highest BCUT2D eigenvalue weighted by Gasteiger charge is 2.35. The van der Waals surface area contributed by atoms with Gasteiger partial charge in [0.25, 0.3) is 0 Å². The predicted octanol–water partition coefficient (Wildman–Crippen LogP) is 2.47. The van der Waals surface area contributed by atoms with Crippen LogP contribution in [0, 0.1) is 0 Å². The Labute approximate surface area is 215 Å². The van der Waals surface area contributed by atoms with Crippen molar-refractivity contribution in [2.45, 2.75) is 30.9 Å². The molecule has 0 bridgehead atoms. The zero-order chi connectivity index (χ0) is 26.1. The number of carbonyl (C=O) groups is 2. The number of thiol groups is 1. The molecule has 3 rings (SSSR count). The average molecular weight is 540 g/mol. The molecule has 2 aromatic rings. The lowest BCUT2D eigenvalue weighted by Gasteiger charge is -2.24. The summed E-state index contributed by atoms with van der Waals surface area (Å²) in [7, 11) is -1.13. The normalized spacial score (nSPS) is 17.4. The van der Waals surface area contributed by atoms with E-state index in [0.717, 1.165) is 5.56 Å². The summed E-state index contributed by atoms with van der Waals surface area (Å²) in [5.41, 5.74) is 1.44. The van der Waals surface area contributed by atoms with Crippen LogP contribution in [0.4, 0.5) is 9.59 Å². The van der Waals surface area contributed by atoms with Gasteiger partial charge in [0, 0.05) is 24.4 Å². The first-order valence-corrected chi connectivity index (χ1v) is 13.0. The SMILES string of the molecule is COc1ccc(COC(=O)NS(=O)(=O)NC[C@@H]2C[C@H](S)CN2C(=O)OCc2ccc(OC)cc2)cc1. The van der Waals surface area contributed by atoms with Crippen LogP contribution in [-0.4, -0.2) is 64.1 Å². The summed E-state index contributed by atoms with van der Waals surface area (Å²) in [5, 5.41) is -0.143. The van der Waals surface area contributed by atoms with Gasteiger partial charge in [-0.25, -0.2) is 14.3 Å². The minimum absolute atomic E-state index is 0.0522. The van der Waals surface area contributed by atoms with Gasteiger partial charge in [-0.15, -0.1) is 0 Å². The van der Waals surface area contributed by atoms with Crippen LogP contribution in [0.1, 0.15) is 17.5 Å². The van der Waals surface area contributed by atoms with Gasteiger partial charge >= 0.3 is 22.4 Å². The van der Waals surface area contributed by atoms with Crippen LogP contribution in [0.3, 0.4) is 0 Å². The first-order chi connectivity index (χ1) is 17.2. The van der Waals surface area contributed by atoms with Crippen molar-refractivity contribution >= 4 is 35.0 Å². The summed E-state index contributed by atoms with van der Waals surface area (Å²) in [6.45, 7) is 0.101. The standard InChI is InChI=1S/C23H29N3O8S2/c1-31-19-7-3-16(4-8-19)14-33-22(27)25-36(29,30)24-12-18-11-21(35)13-26(18)23(28)34-15-17-5-9-20(32-2)10-6-17/h3-10,18,21,24,35H,11-15H2,1-2H3,(H,25,27)/t18-,21-/m0/s1. The molecule has 1 fully saturated rings. The third kappa shape index (κ3) is 8.21. The minimum Gasteiger partial charge on any atom is -0.497 e. The highest BCUT2D eigenvalue weighted by molar-refractivity contribution is 7.88. The number of likely N-dealkylation sites (tertiary alicyclic amines) is 1. The summed E-state index contributed by atoms with van der Waals surface area (Å²) < 4.78 is 49.2. The van der Waals surface area contributed by atoms with E-state index in [1.807, 2.05) is 0 Å². The highest BCUT2D eigenvalue weighted by atomic mass is 32.2. The Morgan fingerprint density at radius 1 is 0.944 bits per heavy atom. The van der Waals surface area contributed by atoms with E-state index in [-0.39, 0.29) is 25.0 Å². The number of hydrogen-bond acceptors (Lipinski definition) is 9. The van der Waals surface area contributed by atoms with Crippen molar-refractivity contribution in [2.75, 3.05) is 27.3 Å². The Balaban J connectivity index is 1.46. The van der Waals surface area contributed by atoms with Gasteiger partial charge in [-0.3, -0.25) is 0 Å². The van der Waals surface area contributed by atoms with Crippen molar-refractivity contribution in [3.05, 3.63) is 59.7 Å². The van der Waals surface area contributed by atoms with Gasteiger partial charge in [0.15, 0.2) is 0 Å². The first-order valence-electron chi connectivity index (χ1n) is 11.0. The molecule has 1 aliphatic heterocycles. The third-order valence-electron chi connectivity index (χ3n) is 5.40. The Hall–Kier alpha value is -3.16. The highest BCUT2D eigenvalue weighted by Crippen LogP contribution is 2.23. The maximum absolute atomic E-state index is 12.6. The van der Waals surface area contributed by atoms with Crippen molar-refractivity contribution < 1.29 is 37.0 Å². The number of ether oxygens (including phenoxy) is 4. The molecule has 11 nitrogen and oxygen atoms in total. The van der Waals surface area contributed by atoms with Crippen LogP contribution in [0.2, 0.25) is 0 Å². The Morgan fingerprint density at radius 3 is 2.00 bits per heavy atom. The monoisotopic (exact) mass is 539 g/mol. The molecular formula is C23H29N3O8S2. The van der Waals surface area contributed by atoms with Gasteiger partial charge in [-0.1, -0.05) is 24.3 Å². The Morgan fingerprint density at radius 2 is 1.47 bits per heavy atom. The summed E-state index contributed by atoms with van der Waals surface area (Å²) >= 11 is 4.42. The summed E-state index contributed by atoms with van der Waals surface area (Å²) in [6, 6.07) is 13.3. The van der Waals surface area contributed by atoms with Crippen LogP contribution in [0.25, 0.3) is 0 Å². The molecule has 0 aromatic heterocycles. The van der Waals surface area contributed by atoms with Crippen molar-refractivity contribution in [1.82, 2.24) is 14.3 Å². The van der Waals surface area contributed by atoms with Crippen molar-refractivity contribution in [3.63, 3.8) is 0 Å². The third-order valence-corrected chi connectivity index (χ3v) is 6.76. The van der Waals surface area contributed by atoms with E-state index >= 15 is 0 Å². The van der Waals surface area contributed by atoms with E-state index in [1.165, 1.54) is 12.0 Å². The molecule has 0 saturated carbocycles. The Bertz CT molecular complexity index is 1130. The topological polar surface area (TPSA) is 132 Å². The molecule has 2 amide bonds. The maximum atomic E-state index is 12.6. The zero-order valence-corrected chi connectivity index (χ0v) is 21.6. The lowest BCUT2D eigenvalue weighted by atomic mass is 10.2. The van der Waals surface area contributed by atoms with Gasteiger partial charge in [0.1, 0.15) is 24.7 Å². The molecular weight excluding hydrogens is 510 g/mol. The molecule has 2 atom stereocenters. The molecule has 1 aliphatic rings. The lowest BCUT2D eigenvalue weighted by molar-refractivity contribution is 0.0926. The van der Waals surface area contributed by atoms with Crippen LogP contribution in [0.15, 0.2) is 48.5 Å². The van der Waals surface area contributed by atoms with Gasteiger partial charge < -0.3 is 23.8 Å². The van der Waals surface area contributed by atoms with E-state index in [1.54, 1.807) is 60.4 Å². The molecule has 1 saturated heterocycles. The number of nitrogens with one attached hydrogen (secondary N) is 2. The quantitative estimate of drug-likeness (QED) is 0.393. The number of carbonyl (C=O) groups excluding carboxylic acids is 2. The molecule has 196 valence electrons. The first kappa shape index (κ1) is 27.4. The van der Waals surface area contributed by atoms with E-state index in [9.17, 15) is 18.0 Å². The van der Waals surface area contributed by atoms with E-state index in [0.29, 0.717) is 30.0 Å². The number of amides is 2. The number of hydrogen-bond donors (Lipinski definition) is 3. The van der Waals surface area contributed by atoms with Gasteiger partial charge in [-0.2, -0.15) is 25.8 Å². The van der Waals surface area contributed by atoms with Crippen molar-refractivity contribution in [2.24, 2.45) is 0 Å². The fourth-order valence-electron chi connectivity index (χ4n) is 3.51. The fraction of sp³-hybridized carbons (Fsp3) is 0.391. The second kappa shape index (κ2) is 12.7.